The molecule has 4 heteroatoms. The van der Waals surface area contributed by atoms with E-state index in [1.54, 1.807) is 6.33 Å². The summed E-state index contributed by atoms with van der Waals surface area (Å²) in [7, 11) is 0. The van der Waals surface area contributed by atoms with Gasteiger partial charge in [0.15, 0.2) is 0 Å². The molecule has 1 heterocycles. The van der Waals surface area contributed by atoms with Gasteiger partial charge >= 0.3 is 0 Å². The van der Waals surface area contributed by atoms with Crippen LogP contribution in [0.25, 0.3) is 0 Å². The number of nitrogens with two attached hydrogens (primary N) is 1. The molecule has 1 aromatic rings. The van der Waals surface area contributed by atoms with Crippen LogP contribution in [0.2, 0.25) is 0 Å². The van der Waals surface area contributed by atoms with Crippen LogP contribution in [-0.4, -0.2) is 16.0 Å². The molecule has 1 aromatic heterocycles. The van der Waals surface area contributed by atoms with Crippen molar-refractivity contribution in [3.63, 3.8) is 0 Å². The fourth-order valence-electron chi connectivity index (χ4n) is 2.61. The Labute approximate surface area is 103 Å². The molecule has 1 aliphatic carbocycles. The molecular formula is C13H22N4. The third-order valence-electron chi connectivity index (χ3n) is 3.77. The molecule has 94 valence electrons. The standard InChI is InChI=1S/C13H22N4/c1-3-10-12(14)15-8-16-13(10)17-11-7-5-4-6-9(11)2/h8-9,11H,3-7H2,1-2H3,(H3,14,15,16,17). The van der Waals surface area contributed by atoms with Crippen LogP contribution in [0.4, 0.5) is 11.6 Å². The summed E-state index contributed by atoms with van der Waals surface area (Å²) in [4.78, 5) is 8.39. The van der Waals surface area contributed by atoms with E-state index in [4.69, 9.17) is 5.73 Å². The monoisotopic (exact) mass is 234 g/mol. The maximum Gasteiger partial charge on any atom is 0.134 e. The Hall–Kier alpha value is -1.32. The minimum Gasteiger partial charge on any atom is -0.383 e. The topological polar surface area (TPSA) is 63.8 Å². The first-order chi connectivity index (χ1) is 8.22. The highest BCUT2D eigenvalue weighted by Gasteiger charge is 2.22. The molecule has 1 aliphatic rings. The van der Waals surface area contributed by atoms with Crippen molar-refractivity contribution in [2.75, 3.05) is 11.1 Å². The van der Waals surface area contributed by atoms with E-state index in [2.05, 4.69) is 29.1 Å². The minimum absolute atomic E-state index is 0.531. The van der Waals surface area contributed by atoms with Crippen LogP contribution in [0.15, 0.2) is 6.33 Å². The van der Waals surface area contributed by atoms with E-state index in [0.717, 1.165) is 17.8 Å². The van der Waals surface area contributed by atoms with Gasteiger partial charge in [0.05, 0.1) is 0 Å². The van der Waals surface area contributed by atoms with E-state index in [1.165, 1.54) is 25.7 Å². The summed E-state index contributed by atoms with van der Waals surface area (Å²) >= 11 is 0. The number of aromatic nitrogens is 2. The number of rotatable bonds is 3. The second kappa shape index (κ2) is 5.34. The van der Waals surface area contributed by atoms with Gasteiger partial charge in [-0.1, -0.05) is 26.7 Å². The summed E-state index contributed by atoms with van der Waals surface area (Å²) in [5.41, 5.74) is 6.93. The SMILES string of the molecule is CCc1c(N)ncnc1NC1CCCCC1C. The number of nitrogen functional groups attached to an aromatic ring is 1. The molecule has 2 atom stereocenters. The van der Waals surface area contributed by atoms with Crippen molar-refractivity contribution in [3.05, 3.63) is 11.9 Å². The molecule has 0 radical (unpaired) electrons. The van der Waals surface area contributed by atoms with E-state index < -0.39 is 0 Å². The van der Waals surface area contributed by atoms with Crippen molar-refractivity contribution in [2.24, 2.45) is 5.92 Å². The maximum absolute atomic E-state index is 5.88. The molecule has 1 saturated carbocycles. The second-order valence-electron chi connectivity index (χ2n) is 4.95. The molecule has 17 heavy (non-hydrogen) atoms. The van der Waals surface area contributed by atoms with Crippen molar-refractivity contribution in [1.82, 2.24) is 9.97 Å². The Balaban J connectivity index is 2.14. The molecule has 2 unspecified atom stereocenters. The largest absolute Gasteiger partial charge is 0.383 e. The lowest BCUT2D eigenvalue weighted by Crippen LogP contribution is -2.31. The Morgan fingerprint density at radius 1 is 1.35 bits per heavy atom. The first-order valence-electron chi connectivity index (χ1n) is 6.58. The number of nitrogens with one attached hydrogen (secondary N) is 1. The van der Waals surface area contributed by atoms with E-state index in [0.29, 0.717) is 17.8 Å². The number of anilines is 2. The Morgan fingerprint density at radius 3 is 2.82 bits per heavy atom. The maximum atomic E-state index is 5.88. The van der Waals surface area contributed by atoms with Crippen LogP contribution >= 0.6 is 0 Å². The zero-order valence-corrected chi connectivity index (χ0v) is 10.7. The van der Waals surface area contributed by atoms with Crippen molar-refractivity contribution in [2.45, 2.75) is 52.0 Å². The predicted molar refractivity (Wildman–Crippen MR) is 70.9 cm³/mol. The lowest BCUT2D eigenvalue weighted by atomic mass is 9.86. The summed E-state index contributed by atoms with van der Waals surface area (Å²) in [5, 5.41) is 3.56. The van der Waals surface area contributed by atoms with Crippen LogP contribution < -0.4 is 11.1 Å². The van der Waals surface area contributed by atoms with Crippen LogP contribution in [0.1, 0.15) is 45.1 Å². The molecule has 3 N–H and O–H groups in total. The zero-order valence-electron chi connectivity index (χ0n) is 10.7. The molecule has 4 nitrogen and oxygen atoms in total. The summed E-state index contributed by atoms with van der Waals surface area (Å²) in [5.74, 6) is 2.25. The lowest BCUT2D eigenvalue weighted by Gasteiger charge is -2.30. The van der Waals surface area contributed by atoms with Crippen molar-refractivity contribution in [1.29, 1.82) is 0 Å². The fraction of sp³-hybridized carbons (Fsp3) is 0.692. The number of nitrogens with zero attached hydrogens (tertiary/aromatic N) is 2. The highest BCUT2D eigenvalue weighted by Crippen LogP contribution is 2.28. The van der Waals surface area contributed by atoms with Gasteiger partial charge in [-0.3, -0.25) is 0 Å². The van der Waals surface area contributed by atoms with E-state index >= 15 is 0 Å². The molecule has 0 aliphatic heterocycles. The molecule has 0 bridgehead atoms. The van der Waals surface area contributed by atoms with Gasteiger partial charge < -0.3 is 11.1 Å². The van der Waals surface area contributed by atoms with Crippen molar-refractivity contribution in [3.8, 4) is 0 Å². The zero-order chi connectivity index (χ0) is 12.3. The van der Waals surface area contributed by atoms with E-state index in [9.17, 15) is 0 Å². The number of hydrogen-bond acceptors (Lipinski definition) is 4. The van der Waals surface area contributed by atoms with Crippen LogP contribution in [0.5, 0.6) is 0 Å². The second-order valence-corrected chi connectivity index (χ2v) is 4.95. The van der Waals surface area contributed by atoms with Gasteiger partial charge in [-0.05, 0) is 25.2 Å². The average molecular weight is 234 g/mol. The summed E-state index contributed by atoms with van der Waals surface area (Å²) < 4.78 is 0. The molecule has 0 aromatic carbocycles. The van der Waals surface area contributed by atoms with Gasteiger partial charge in [0.2, 0.25) is 0 Å². The molecule has 0 saturated heterocycles. The summed E-state index contributed by atoms with van der Waals surface area (Å²) in [6.07, 6.45) is 7.62. The van der Waals surface area contributed by atoms with Crippen LogP contribution in [-0.2, 0) is 6.42 Å². The predicted octanol–water partition coefficient (Wildman–Crippen LogP) is 2.61. The fourth-order valence-corrected chi connectivity index (χ4v) is 2.61. The van der Waals surface area contributed by atoms with Gasteiger partial charge in [-0.25, -0.2) is 9.97 Å². The highest BCUT2D eigenvalue weighted by atomic mass is 15.1. The van der Waals surface area contributed by atoms with Gasteiger partial charge in [0.25, 0.3) is 0 Å². The van der Waals surface area contributed by atoms with E-state index in [1.807, 2.05) is 0 Å². The molecule has 2 rings (SSSR count). The first kappa shape index (κ1) is 12.1. The average Bonchev–Trinajstić information content (AvgIpc) is 2.32. The third-order valence-corrected chi connectivity index (χ3v) is 3.77. The molecule has 0 amide bonds. The normalized spacial score (nSPS) is 24.6. The van der Waals surface area contributed by atoms with Gasteiger partial charge in [0, 0.05) is 11.6 Å². The number of hydrogen-bond donors (Lipinski definition) is 2. The Kier molecular flexibility index (Phi) is 3.82. The third kappa shape index (κ3) is 2.68. The summed E-state index contributed by atoms with van der Waals surface area (Å²) in [6.45, 7) is 4.40. The molecule has 0 spiro atoms. The van der Waals surface area contributed by atoms with Crippen molar-refractivity contribution < 1.29 is 0 Å². The van der Waals surface area contributed by atoms with Crippen LogP contribution in [0, 0.1) is 5.92 Å². The first-order valence-corrected chi connectivity index (χ1v) is 6.58. The quantitative estimate of drug-likeness (QED) is 0.843. The van der Waals surface area contributed by atoms with Gasteiger partial charge in [-0.15, -0.1) is 0 Å². The highest BCUT2D eigenvalue weighted by molar-refractivity contribution is 5.55. The Morgan fingerprint density at radius 2 is 2.12 bits per heavy atom. The van der Waals surface area contributed by atoms with Gasteiger partial charge in [0.1, 0.15) is 18.0 Å². The van der Waals surface area contributed by atoms with Crippen LogP contribution in [0.3, 0.4) is 0 Å². The van der Waals surface area contributed by atoms with Crippen molar-refractivity contribution >= 4 is 11.6 Å². The van der Waals surface area contributed by atoms with E-state index in [-0.39, 0.29) is 0 Å². The molecular weight excluding hydrogens is 212 g/mol. The smallest absolute Gasteiger partial charge is 0.134 e. The minimum atomic E-state index is 0.531. The lowest BCUT2D eigenvalue weighted by molar-refractivity contribution is 0.349. The molecule has 1 fully saturated rings. The van der Waals surface area contributed by atoms with Gasteiger partial charge in [-0.2, -0.15) is 0 Å². The summed E-state index contributed by atoms with van der Waals surface area (Å²) in [6, 6.07) is 0.531. The Bertz CT molecular complexity index is 378.